The normalized spacial score (nSPS) is 11.7. The van der Waals surface area contributed by atoms with Crippen molar-refractivity contribution in [2.24, 2.45) is 0 Å². The lowest BCUT2D eigenvalue weighted by molar-refractivity contribution is -0.116. The van der Waals surface area contributed by atoms with Gasteiger partial charge < -0.3 is 10.1 Å². The highest BCUT2D eigenvalue weighted by atomic mass is 16.5. The van der Waals surface area contributed by atoms with Gasteiger partial charge in [0.25, 0.3) is 0 Å². The molecule has 0 fully saturated rings. The molecule has 0 aromatic heterocycles. The second-order valence-corrected chi connectivity index (χ2v) is 7.88. The van der Waals surface area contributed by atoms with Crippen molar-refractivity contribution in [1.82, 2.24) is 5.32 Å². The summed E-state index contributed by atoms with van der Waals surface area (Å²) in [4.78, 5) is 23.4. The minimum atomic E-state index is -0.433. The van der Waals surface area contributed by atoms with Crippen LogP contribution in [0.25, 0.3) is 11.1 Å². The van der Waals surface area contributed by atoms with Gasteiger partial charge in [-0.15, -0.1) is 0 Å². The molecule has 0 atom stereocenters. The monoisotopic (exact) mass is 423 g/mol. The molecule has 4 heteroatoms. The van der Waals surface area contributed by atoms with Crippen LogP contribution in [0.5, 0.6) is 0 Å². The molecule has 0 bridgehead atoms. The average Bonchev–Trinajstić information content (AvgIpc) is 3.11. The summed E-state index contributed by atoms with van der Waals surface area (Å²) in [6, 6.07) is 24.2. The minimum Gasteiger partial charge on any atom is -0.449 e. The Morgan fingerprint density at radius 1 is 0.938 bits per heavy atom. The molecule has 0 unspecified atom stereocenters. The highest BCUT2D eigenvalue weighted by Gasteiger charge is 2.28. The lowest BCUT2D eigenvalue weighted by atomic mass is 9.98. The molecule has 160 valence electrons. The van der Waals surface area contributed by atoms with Crippen molar-refractivity contribution in [3.63, 3.8) is 0 Å². The fourth-order valence-corrected chi connectivity index (χ4v) is 4.09. The average molecular weight is 424 g/mol. The Labute approximate surface area is 188 Å². The molecule has 4 rings (SSSR count). The van der Waals surface area contributed by atoms with E-state index in [-0.39, 0.29) is 11.7 Å². The van der Waals surface area contributed by atoms with Gasteiger partial charge in [0.15, 0.2) is 0 Å². The maximum Gasteiger partial charge on any atom is 0.407 e. The number of benzene rings is 3. The number of hydrogen-bond acceptors (Lipinski definition) is 3. The molecule has 1 amide bonds. The molecule has 32 heavy (non-hydrogen) atoms. The fourth-order valence-electron chi connectivity index (χ4n) is 4.09. The minimum absolute atomic E-state index is 0.0511. The molecule has 3 aromatic rings. The molecular formula is C28H25NO3. The third-order valence-electron chi connectivity index (χ3n) is 5.48. The summed E-state index contributed by atoms with van der Waals surface area (Å²) in [6.07, 6.45) is 0.497. The van der Waals surface area contributed by atoms with Crippen LogP contribution in [0.4, 0.5) is 4.79 Å². The van der Waals surface area contributed by atoms with Crippen LogP contribution in [0, 0.1) is 11.8 Å². The number of carbonyl (C=O) groups is 2. The largest absolute Gasteiger partial charge is 0.449 e. The second kappa shape index (κ2) is 9.98. The first-order valence-electron chi connectivity index (χ1n) is 10.8. The zero-order valence-electron chi connectivity index (χ0n) is 18.1. The molecule has 0 aliphatic heterocycles. The zero-order valence-corrected chi connectivity index (χ0v) is 18.1. The van der Waals surface area contributed by atoms with Crippen LogP contribution >= 0.6 is 0 Å². The Balaban J connectivity index is 1.27. The van der Waals surface area contributed by atoms with Gasteiger partial charge in [0, 0.05) is 30.9 Å². The van der Waals surface area contributed by atoms with Crippen LogP contribution in [0.3, 0.4) is 0 Å². The van der Waals surface area contributed by atoms with Gasteiger partial charge >= 0.3 is 6.09 Å². The summed E-state index contributed by atoms with van der Waals surface area (Å²) >= 11 is 0. The van der Waals surface area contributed by atoms with Crippen LogP contribution in [0.1, 0.15) is 41.5 Å². The van der Waals surface area contributed by atoms with Gasteiger partial charge in [-0.25, -0.2) is 4.79 Å². The predicted molar refractivity (Wildman–Crippen MR) is 125 cm³/mol. The van der Waals surface area contributed by atoms with Crippen molar-refractivity contribution in [3.05, 3.63) is 95.1 Å². The summed E-state index contributed by atoms with van der Waals surface area (Å²) in [5, 5.41) is 2.77. The van der Waals surface area contributed by atoms with Crippen molar-refractivity contribution < 1.29 is 14.3 Å². The molecule has 1 aliphatic rings. The van der Waals surface area contributed by atoms with Crippen molar-refractivity contribution in [2.75, 3.05) is 13.2 Å². The number of Topliss-reactive ketones (excluding diaryl/α,β-unsaturated/α-hetero) is 1. The van der Waals surface area contributed by atoms with Crippen molar-refractivity contribution in [3.8, 4) is 23.0 Å². The Kier molecular flexibility index (Phi) is 6.67. The number of rotatable bonds is 6. The van der Waals surface area contributed by atoms with E-state index >= 15 is 0 Å². The van der Waals surface area contributed by atoms with E-state index in [0.29, 0.717) is 26.0 Å². The first kappa shape index (κ1) is 21.4. The van der Waals surface area contributed by atoms with E-state index in [0.717, 1.165) is 11.1 Å². The molecule has 0 radical (unpaired) electrons. The van der Waals surface area contributed by atoms with E-state index < -0.39 is 6.09 Å². The lowest BCUT2D eigenvalue weighted by Crippen LogP contribution is -2.26. The highest BCUT2D eigenvalue weighted by Crippen LogP contribution is 2.44. The first-order valence-corrected chi connectivity index (χ1v) is 10.8. The molecule has 0 saturated carbocycles. The number of hydrogen-bond donors (Lipinski definition) is 1. The van der Waals surface area contributed by atoms with Crippen LogP contribution in [0.15, 0.2) is 72.8 Å². The number of alkyl carbamates (subject to hydrolysis) is 1. The van der Waals surface area contributed by atoms with E-state index in [1.807, 2.05) is 48.5 Å². The van der Waals surface area contributed by atoms with Crippen molar-refractivity contribution in [2.45, 2.75) is 25.7 Å². The van der Waals surface area contributed by atoms with Gasteiger partial charge in [-0.2, -0.15) is 0 Å². The number of fused-ring (bicyclic) bond motifs is 3. The van der Waals surface area contributed by atoms with Gasteiger partial charge in [-0.3, -0.25) is 4.79 Å². The Bertz CT molecular complexity index is 1160. The first-order chi connectivity index (χ1) is 15.6. The van der Waals surface area contributed by atoms with Crippen LogP contribution in [-0.2, 0) is 16.0 Å². The molecule has 4 nitrogen and oxygen atoms in total. The number of nitrogens with one attached hydrogen (secondary N) is 1. The lowest BCUT2D eigenvalue weighted by Gasteiger charge is -2.14. The van der Waals surface area contributed by atoms with E-state index in [4.69, 9.17) is 4.74 Å². The fraction of sp³-hybridized carbons (Fsp3) is 0.214. The van der Waals surface area contributed by atoms with Crippen LogP contribution < -0.4 is 5.32 Å². The third-order valence-corrected chi connectivity index (χ3v) is 5.48. The SMILES string of the molecule is CC(=O)Cc1cccc(C#CCCNC(=O)OCC2c3ccccc3-c3ccccc32)c1. The summed E-state index contributed by atoms with van der Waals surface area (Å²) in [5.74, 6) is 6.31. The zero-order chi connectivity index (χ0) is 22.3. The molecule has 0 spiro atoms. The smallest absolute Gasteiger partial charge is 0.407 e. The summed E-state index contributed by atoms with van der Waals surface area (Å²) in [7, 11) is 0. The topological polar surface area (TPSA) is 55.4 Å². The van der Waals surface area contributed by atoms with E-state index in [1.165, 1.54) is 22.3 Å². The van der Waals surface area contributed by atoms with Gasteiger partial charge in [0.2, 0.25) is 0 Å². The van der Waals surface area contributed by atoms with Gasteiger partial charge in [-0.05, 0) is 46.9 Å². The number of amides is 1. The molecular weight excluding hydrogens is 398 g/mol. The second-order valence-electron chi connectivity index (χ2n) is 7.88. The van der Waals surface area contributed by atoms with Gasteiger partial charge in [0.05, 0.1) is 0 Å². The standard InChI is InChI=1S/C28H25NO3/c1-20(30)17-22-11-8-10-21(18-22)9-6-7-16-29-28(31)32-19-27-25-14-4-2-12-23(25)24-13-3-5-15-26(24)27/h2-5,8,10-15,18,27H,7,16-17,19H2,1H3,(H,29,31). The van der Waals surface area contributed by atoms with E-state index in [9.17, 15) is 9.59 Å². The van der Waals surface area contributed by atoms with Crippen molar-refractivity contribution >= 4 is 11.9 Å². The van der Waals surface area contributed by atoms with Gasteiger partial charge in [0.1, 0.15) is 12.4 Å². The quantitative estimate of drug-likeness (QED) is 0.443. The van der Waals surface area contributed by atoms with Crippen LogP contribution in [0.2, 0.25) is 0 Å². The molecule has 3 aromatic carbocycles. The van der Waals surface area contributed by atoms with Gasteiger partial charge in [-0.1, -0.05) is 72.5 Å². The Hall–Kier alpha value is -3.84. The summed E-state index contributed by atoms with van der Waals surface area (Å²) < 4.78 is 5.53. The maximum absolute atomic E-state index is 12.2. The highest BCUT2D eigenvalue weighted by molar-refractivity contribution is 5.79. The molecule has 0 saturated heterocycles. The summed E-state index contributed by atoms with van der Waals surface area (Å²) in [5.41, 5.74) is 6.63. The molecule has 0 heterocycles. The van der Waals surface area contributed by atoms with E-state index in [2.05, 4.69) is 41.4 Å². The van der Waals surface area contributed by atoms with Crippen LogP contribution in [-0.4, -0.2) is 25.0 Å². The number of ketones is 1. The summed E-state index contributed by atoms with van der Waals surface area (Å²) in [6.45, 7) is 2.29. The maximum atomic E-state index is 12.2. The number of ether oxygens (including phenoxy) is 1. The van der Waals surface area contributed by atoms with Crippen molar-refractivity contribution in [1.29, 1.82) is 0 Å². The predicted octanol–water partition coefficient (Wildman–Crippen LogP) is 5.10. The number of carbonyl (C=O) groups excluding carboxylic acids is 2. The molecule has 1 N–H and O–H groups in total. The molecule has 1 aliphatic carbocycles. The third kappa shape index (κ3) is 5.07. The van der Waals surface area contributed by atoms with E-state index in [1.54, 1.807) is 6.92 Å². The Morgan fingerprint density at radius 3 is 2.31 bits per heavy atom. The Morgan fingerprint density at radius 2 is 1.62 bits per heavy atom.